The zero-order valence-electron chi connectivity index (χ0n) is 24.4. The molecule has 0 saturated heterocycles. The number of ether oxygens (including phenoxy) is 1. The van der Waals surface area contributed by atoms with Gasteiger partial charge in [-0.2, -0.15) is 5.11 Å². The number of rotatable bonds is 6. The van der Waals surface area contributed by atoms with Crippen LogP contribution in [0.1, 0.15) is 49.8 Å². The van der Waals surface area contributed by atoms with Gasteiger partial charge in [-0.15, -0.1) is 5.11 Å². The lowest BCUT2D eigenvalue weighted by atomic mass is 9.72. The molecule has 7 N–H and O–H groups in total. The lowest BCUT2D eigenvalue weighted by Gasteiger charge is -2.32. The number of phenolic OH excluding ortho intramolecular Hbond substituents is 5. The minimum Gasteiger partial charge on any atom is -0.508 e. The lowest BCUT2D eigenvalue weighted by molar-refractivity contribution is -0.143. The average Bonchev–Trinajstić information content (AvgIpc) is 2.98. The van der Waals surface area contributed by atoms with Gasteiger partial charge in [-0.05, 0) is 62.5 Å². The first-order chi connectivity index (χ1) is 20.9. The van der Waals surface area contributed by atoms with E-state index in [1.807, 2.05) is 6.92 Å². The van der Waals surface area contributed by atoms with Crippen molar-refractivity contribution in [3.05, 3.63) is 39.6 Å². The lowest BCUT2D eigenvalue weighted by Crippen LogP contribution is -2.32. The van der Waals surface area contributed by atoms with Gasteiger partial charge in [0.1, 0.15) is 34.5 Å². The number of nitrogens with zero attached hydrogens (tertiary/aromatic N) is 2. The van der Waals surface area contributed by atoms with E-state index < -0.39 is 40.7 Å². The number of carbonyl (C=O) groups is 2. The van der Waals surface area contributed by atoms with Gasteiger partial charge in [0.15, 0.2) is 11.7 Å². The first-order valence-corrected chi connectivity index (χ1v) is 14.3. The summed E-state index contributed by atoms with van der Waals surface area (Å²) in [5, 5.41) is 75.9. The largest absolute Gasteiger partial charge is 0.508 e. The summed E-state index contributed by atoms with van der Waals surface area (Å²) in [4.78, 5) is 26.5. The summed E-state index contributed by atoms with van der Waals surface area (Å²) in [6, 6.07) is 1.13. The molecule has 2 aliphatic carbocycles. The molecule has 12 nitrogen and oxygen atoms in total. The Morgan fingerprint density at radius 3 is 2.39 bits per heavy atom. The molecule has 0 fully saturated rings. The normalized spacial score (nSPS) is 16.5. The van der Waals surface area contributed by atoms with E-state index in [0.717, 1.165) is 18.9 Å². The number of hydrogen-bond donors (Lipinski definition) is 7. The Hall–Kier alpha value is -4.91. The van der Waals surface area contributed by atoms with E-state index in [-0.39, 0.29) is 73.4 Å². The molecule has 1 unspecified atom stereocenters. The SMILES string of the molecule is CCCCNC(=S)N=NC1=C(C)C2=C(C(=O)C1C(=O)O)c1c(c(OC)c3c(O)c4c(O)c(C)c(O)cc4c(O)c3c1O)CC2. The van der Waals surface area contributed by atoms with Crippen molar-refractivity contribution in [1.82, 2.24) is 5.32 Å². The number of carbonyl (C=O) groups excluding carboxylic acids is 1. The van der Waals surface area contributed by atoms with Gasteiger partial charge in [0.05, 0.1) is 29.0 Å². The fourth-order valence-electron chi connectivity index (χ4n) is 6.07. The van der Waals surface area contributed by atoms with Crippen LogP contribution in [0.2, 0.25) is 0 Å². The van der Waals surface area contributed by atoms with Gasteiger partial charge in [0.2, 0.25) is 5.11 Å². The molecule has 13 heteroatoms. The molecule has 1 atom stereocenters. The second kappa shape index (κ2) is 11.3. The number of unbranched alkanes of at least 4 members (excludes halogenated alkanes) is 1. The number of ketones is 1. The maximum atomic E-state index is 14.0. The molecule has 0 aliphatic heterocycles. The highest BCUT2D eigenvalue weighted by molar-refractivity contribution is 7.80. The molecular weight excluding hydrogens is 590 g/mol. The Morgan fingerprint density at radius 2 is 1.75 bits per heavy atom. The van der Waals surface area contributed by atoms with E-state index >= 15 is 0 Å². The molecule has 2 aliphatic rings. The monoisotopic (exact) mass is 621 g/mol. The van der Waals surface area contributed by atoms with Crippen molar-refractivity contribution in [2.75, 3.05) is 13.7 Å². The first-order valence-electron chi connectivity index (χ1n) is 13.9. The van der Waals surface area contributed by atoms with E-state index in [0.29, 0.717) is 23.3 Å². The minimum atomic E-state index is -1.77. The van der Waals surface area contributed by atoms with Crippen molar-refractivity contribution >= 4 is 56.2 Å². The maximum Gasteiger partial charge on any atom is 0.320 e. The maximum absolute atomic E-state index is 14.0. The third kappa shape index (κ3) is 4.46. The molecule has 44 heavy (non-hydrogen) atoms. The molecule has 3 aromatic carbocycles. The number of aliphatic carboxylic acids is 1. The van der Waals surface area contributed by atoms with Gasteiger partial charge >= 0.3 is 5.97 Å². The van der Waals surface area contributed by atoms with Crippen LogP contribution in [0.4, 0.5) is 0 Å². The van der Waals surface area contributed by atoms with E-state index in [1.165, 1.54) is 14.0 Å². The Morgan fingerprint density at radius 1 is 1.05 bits per heavy atom. The summed E-state index contributed by atoms with van der Waals surface area (Å²) in [7, 11) is 1.31. The number of benzene rings is 3. The number of Topliss-reactive ketones (excluding diaryl/α,β-unsaturated/α-hetero) is 1. The molecule has 0 bridgehead atoms. The highest BCUT2D eigenvalue weighted by Gasteiger charge is 2.44. The third-order valence-corrected chi connectivity index (χ3v) is 8.55. The molecule has 0 aromatic heterocycles. The molecule has 0 spiro atoms. The number of nitrogens with one attached hydrogen (secondary N) is 1. The predicted molar refractivity (Wildman–Crippen MR) is 166 cm³/mol. The molecular formula is C31H31N3O9S. The summed E-state index contributed by atoms with van der Waals surface area (Å²) in [6.07, 6.45) is 2.19. The highest BCUT2D eigenvalue weighted by atomic mass is 32.1. The zero-order chi connectivity index (χ0) is 32.2. The zero-order valence-corrected chi connectivity index (χ0v) is 25.2. The second-order valence-corrected chi connectivity index (χ2v) is 11.1. The summed E-state index contributed by atoms with van der Waals surface area (Å²) >= 11 is 5.18. The fourth-order valence-corrected chi connectivity index (χ4v) is 6.22. The van der Waals surface area contributed by atoms with Crippen molar-refractivity contribution in [1.29, 1.82) is 0 Å². The molecule has 0 saturated carbocycles. The van der Waals surface area contributed by atoms with Crippen molar-refractivity contribution in [3.63, 3.8) is 0 Å². The van der Waals surface area contributed by atoms with E-state index in [1.54, 1.807) is 6.92 Å². The molecule has 230 valence electrons. The number of azo groups is 1. The average molecular weight is 622 g/mol. The summed E-state index contributed by atoms with van der Waals surface area (Å²) in [5.41, 5.74) is 0.973. The minimum absolute atomic E-state index is 0.0227. The standard InChI is InChI=1S/C31H31N3O9S/c1-5-6-9-32-31(44)34-33-23-11(2)13-7-8-14-18(17(13)27(39)22(23)30(41)42)26(38)20-21(29(14)43-4)28(40)19-15(25(20)37)10-16(35)12(3)24(19)36/h10,22,35-38,40H,5-9H2,1-4H3,(H,32,44)(H,41,42). The number of thiocarbonyl (C=S) groups is 1. The molecule has 0 heterocycles. The second-order valence-electron chi connectivity index (χ2n) is 10.8. The van der Waals surface area contributed by atoms with Gasteiger partial charge in [0.25, 0.3) is 0 Å². The van der Waals surface area contributed by atoms with Gasteiger partial charge in [-0.1, -0.05) is 13.3 Å². The van der Waals surface area contributed by atoms with Gasteiger partial charge < -0.3 is 40.7 Å². The van der Waals surface area contributed by atoms with Gasteiger partial charge in [0, 0.05) is 34.2 Å². The van der Waals surface area contributed by atoms with Crippen molar-refractivity contribution in [3.8, 4) is 34.5 Å². The Kier molecular flexibility index (Phi) is 7.85. The number of carboxylic acids is 1. The van der Waals surface area contributed by atoms with Crippen LogP contribution in [0.25, 0.3) is 27.1 Å². The molecule has 5 rings (SSSR count). The molecule has 0 amide bonds. The smallest absolute Gasteiger partial charge is 0.320 e. The quantitative estimate of drug-likeness (QED) is 0.0475. The van der Waals surface area contributed by atoms with E-state index in [2.05, 4.69) is 15.5 Å². The Labute approximate surface area is 256 Å². The van der Waals surface area contributed by atoms with Crippen LogP contribution >= 0.6 is 12.2 Å². The van der Waals surface area contributed by atoms with Crippen LogP contribution in [-0.4, -0.2) is 61.2 Å². The predicted octanol–water partition coefficient (Wildman–Crippen LogP) is 5.22. The van der Waals surface area contributed by atoms with Crippen LogP contribution in [0.3, 0.4) is 0 Å². The van der Waals surface area contributed by atoms with Crippen molar-refractivity contribution in [2.45, 2.75) is 46.5 Å². The number of aromatic hydroxyl groups is 5. The third-order valence-electron chi connectivity index (χ3n) is 8.32. The van der Waals surface area contributed by atoms with Gasteiger partial charge in [-0.3, -0.25) is 9.59 Å². The highest BCUT2D eigenvalue weighted by Crippen LogP contribution is 2.58. The number of fused-ring (bicyclic) bond motifs is 4. The number of methoxy groups -OCH3 is 1. The van der Waals surface area contributed by atoms with Crippen molar-refractivity contribution < 1.29 is 45.0 Å². The fraction of sp³-hybridized carbons (Fsp3) is 0.323. The topological polar surface area (TPSA) is 201 Å². The van der Waals surface area contributed by atoms with Crippen LogP contribution in [0.5, 0.6) is 34.5 Å². The summed E-state index contributed by atoms with van der Waals surface area (Å²) in [5.74, 6) is -6.66. The number of hydrogen-bond acceptors (Lipinski definition) is 10. The van der Waals surface area contributed by atoms with Gasteiger partial charge in [-0.25, -0.2) is 0 Å². The number of phenols is 5. The summed E-state index contributed by atoms with van der Waals surface area (Å²) in [6.45, 7) is 5.61. The number of allylic oxidation sites excluding steroid dienone is 3. The van der Waals surface area contributed by atoms with E-state index in [4.69, 9.17) is 17.0 Å². The first kappa shape index (κ1) is 30.5. The Bertz CT molecular complexity index is 1910. The Balaban J connectivity index is 1.82. The number of carboxylic acid groups (broad SMARTS) is 1. The van der Waals surface area contributed by atoms with E-state index in [9.17, 15) is 40.2 Å². The van der Waals surface area contributed by atoms with Crippen LogP contribution in [0, 0.1) is 12.8 Å². The molecule has 3 aromatic rings. The molecule has 0 radical (unpaired) electrons. The summed E-state index contributed by atoms with van der Waals surface area (Å²) < 4.78 is 5.67. The van der Waals surface area contributed by atoms with Crippen LogP contribution in [-0.2, 0) is 16.0 Å². The van der Waals surface area contributed by atoms with Crippen LogP contribution < -0.4 is 10.1 Å². The van der Waals surface area contributed by atoms with Crippen LogP contribution in [0.15, 0.2) is 33.1 Å². The van der Waals surface area contributed by atoms with Crippen molar-refractivity contribution in [2.24, 2.45) is 16.1 Å².